The predicted octanol–water partition coefficient (Wildman–Crippen LogP) is 5.41. The zero-order chi connectivity index (χ0) is 30.5. The molecule has 2 aromatic carbocycles. The van der Waals surface area contributed by atoms with Crippen LogP contribution in [0.3, 0.4) is 0 Å². The highest BCUT2D eigenvalue weighted by atomic mass is 19.4. The van der Waals surface area contributed by atoms with Gasteiger partial charge >= 0.3 is 6.18 Å². The first kappa shape index (κ1) is 29.0. The van der Waals surface area contributed by atoms with Gasteiger partial charge < -0.3 is 9.80 Å². The molecule has 2 amide bonds. The van der Waals surface area contributed by atoms with Gasteiger partial charge in [-0.2, -0.15) is 18.3 Å². The molecular weight excluding hydrogens is 571 g/mol. The average molecular weight is 594 g/mol. The molecule has 0 bridgehead atoms. The highest BCUT2D eigenvalue weighted by Crippen LogP contribution is 2.36. The molecule has 0 unspecified atom stereocenters. The number of fused-ring (bicyclic) bond motifs is 1. The largest absolute Gasteiger partial charge is 0.436 e. The number of carbonyl (C=O) groups excluding carboxylic acids is 2. The summed E-state index contributed by atoms with van der Waals surface area (Å²) in [7, 11) is 0. The Labute approximate surface area is 234 Å². The number of hydrogen-bond donors (Lipinski definition) is 0. The maximum absolute atomic E-state index is 15.3. The van der Waals surface area contributed by atoms with Crippen molar-refractivity contribution >= 4 is 17.5 Å². The first-order chi connectivity index (χ1) is 19.8. The first-order valence-corrected chi connectivity index (χ1v) is 12.8. The molecule has 4 aromatic rings. The molecule has 0 spiro atoms. The number of halogens is 7. The van der Waals surface area contributed by atoms with Gasteiger partial charge in [-0.25, -0.2) is 27.1 Å². The monoisotopic (exact) mass is 593 g/mol. The van der Waals surface area contributed by atoms with E-state index in [1.165, 1.54) is 19.1 Å². The Morgan fingerprint density at radius 2 is 1.71 bits per heavy atom. The minimum absolute atomic E-state index is 0.0514. The second kappa shape index (κ2) is 10.7. The van der Waals surface area contributed by atoms with Crippen LogP contribution in [-0.4, -0.2) is 55.3 Å². The standard InChI is InChI=1S/C28H22F7N5O2/c1-3-15-4-6-16(7-5-15)23-22(32)24(28(33,34)35)40-25(37-23)19(12-36-40)27(42)39-9-8-38(26(41)14(39)2)13-17-10-18(29)11-20(30)21(17)31/h4-7,10-12,14H,3,8-9,13H2,1-2H3/t14-/m1/s1. The summed E-state index contributed by atoms with van der Waals surface area (Å²) in [6, 6.07) is 6.01. The number of hydrogen-bond acceptors (Lipinski definition) is 4. The fourth-order valence-corrected chi connectivity index (χ4v) is 4.91. The molecule has 1 aliphatic rings. The average Bonchev–Trinajstić information content (AvgIpc) is 3.35. The van der Waals surface area contributed by atoms with Crippen LogP contribution >= 0.6 is 0 Å². The number of aryl methyl sites for hydroxylation is 1. The highest BCUT2D eigenvalue weighted by Gasteiger charge is 2.42. The Hall–Kier alpha value is -4.49. The Bertz CT molecular complexity index is 1700. The second-order valence-corrected chi connectivity index (χ2v) is 9.76. The zero-order valence-electron chi connectivity index (χ0n) is 22.1. The Balaban J connectivity index is 1.50. The third kappa shape index (κ3) is 5.05. The number of benzene rings is 2. The molecule has 0 saturated carbocycles. The van der Waals surface area contributed by atoms with Gasteiger partial charge in [-0.3, -0.25) is 9.59 Å². The molecule has 0 radical (unpaired) electrons. The van der Waals surface area contributed by atoms with Crippen molar-refractivity contribution in [1.29, 1.82) is 0 Å². The van der Waals surface area contributed by atoms with Gasteiger partial charge in [-0.15, -0.1) is 0 Å². The molecule has 5 rings (SSSR count). The quantitative estimate of drug-likeness (QED) is 0.229. The maximum Gasteiger partial charge on any atom is 0.436 e. The van der Waals surface area contributed by atoms with E-state index < -0.39 is 82.0 Å². The van der Waals surface area contributed by atoms with Crippen LogP contribution in [0.2, 0.25) is 0 Å². The van der Waals surface area contributed by atoms with Crippen molar-refractivity contribution in [1.82, 2.24) is 24.4 Å². The van der Waals surface area contributed by atoms with E-state index in [2.05, 4.69) is 10.1 Å². The van der Waals surface area contributed by atoms with Gasteiger partial charge in [-0.05, 0) is 25.0 Å². The predicted molar refractivity (Wildman–Crippen MR) is 135 cm³/mol. The normalized spacial score (nSPS) is 16.0. The summed E-state index contributed by atoms with van der Waals surface area (Å²) < 4.78 is 99.0. The maximum atomic E-state index is 15.3. The zero-order valence-corrected chi connectivity index (χ0v) is 22.1. The third-order valence-corrected chi connectivity index (χ3v) is 7.16. The fraction of sp³-hybridized carbons (Fsp3) is 0.286. The third-order valence-electron chi connectivity index (χ3n) is 7.16. The lowest BCUT2D eigenvalue weighted by atomic mass is 10.1. The molecule has 3 heterocycles. The Kier molecular flexibility index (Phi) is 7.41. The SMILES string of the molecule is CCc1ccc(-c2nc3c(C(=O)N4CCN(Cc5cc(F)cc(F)c5F)C(=O)[C@H]4C)cnn3c(C(F)(F)F)c2F)cc1. The second-order valence-electron chi connectivity index (χ2n) is 9.76. The molecule has 1 fully saturated rings. The summed E-state index contributed by atoms with van der Waals surface area (Å²) in [6.45, 7) is 2.42. The minimum Gasteiger partial charge on any atom is -0.335 e. The van der Waals surface area contributed by atoms with Gasteiger partial charge in [0, 0.05) is 36.8 Å². The number of carbonyl (C=O) groups is 2. The number of aromatic nitrogens is 3. The van der Waals surface area contributed by atoms with Crippen LogP contribution < -0.4 is 0 Å². The van der Waals surface area contributed by atoms with Gasteiger partial charge in [-0.1, -0.05) is 31.2 Å². The minimum atomic E-state index is -5.20. The molecule has 0 N–H and O–H groups in total. The molecule has 42 heavy (non-hydrogen) atoms. The summed E-state index contributed by atoms with van der Waals surface area (Å²) in [4.78, 5) is 32.8. The summed E-state index contributed by atoms with van der Waals surface area (Å²) in [5.41, 5.74) is -2.85. The van der Waals surface area contributed by atoms with E-state index in [0.717, 1.165) is 27.6 Å². The van der Waals surface area contributed by atoms with Crippen molar-refractivity contribution in [2.45, 2.75) is 39.0 Å². The van der Waals surface area contributed by atoms with Gasteiger partial charge in [0.25, 0.3) is 5.91 Å². The number of nitrogens with zero attached hydrogens (tertiary/aromatic N) is 5. The topological polar surface area (TPSA) is 70.8 Å². The molecule has 220 valence electrons. The number of amides is 2. The molecule has 14 heteroatoms. The van der Waals surface area contributed by atoms with E-state index in [9.17, 15) is 35.9 Å². The van der Waals surface area contributed by atoms with Crippen molar-refractivity contribution in [3.05, 3.63) is 88.2 Å². The molecule has 0 aliphatic carbocycles. The van der Waals surface area contributed by atoms with E-state index in [-0.39, 0.29) is 23.2 Å². The van der Waals surface area contributed by atoms with Crippen LogP contribution in [0.25, 0.3) is 16.9 Å². The van der Waals surface area contributed by atoms with E-state index in [4.69, 9.17) is 0 Å². The molecule has 1 aliphatic heterocycles. The summed E-state index contributed by atoms with van der Waals surface area (Å²) in [6.07, 6.45) is -3.74. The molecule has 1 atom stereocenters. The van der Waals surface area contributed by atoms with Crippen molar-refractivity contribution < 1.29 is 40.3 Å². The number of rotatable bonds is 5. The van der Waals surface area contributed by atoms with Crippen LogP contribution in [0.5, 0.6) is 0 Å². The lowest BCUT2D eigenvalue weighted by Crippen LogP contribution is -2.57. The van der Waals surface area contributed by atoms with E-state index in [0.29, 0.717) is 12.5 Å². The van der Waals surface area contributed by atoms with E-state index >= 15 is 4.39 Å². The van der Waals surface area contributed by atoms with E-state index in [1.54, 1.807) is 12.1 Å². The van der Waals surface area contributed by atoms with Crippen molar-refractivity contribution in [2.75, 3.05) is 13.1 Å². The highest BCUT2D eigenvalue weighted by molar-refractivity contribution is 6.02. The first-order valence-electron chi connectivity index (χ1n) is 12.8. The van der Waals surface area contributed by atoms with Crippen molar-refractivity contribution in [2.24, 2.45) is 0 Å². The van der Waals surface area contributed by atoms with Crippen molar-refractivity contribution in [3.63, 3.8) is 0 Å². The van der Waals surface area contributed by atoms with Gasteiger partial charge in [0.05, 0.1) is 6.20 Å². The van der Waals surface area contributed by atoms with Crippen LogP contribution in [0.4, 0.5) is 30.7 Å². The summed E-state index contributed by atoms with van der Waals surface area (Å²) >= 11 is 0. The van der Waals surface area contributed by atoms with Crippen LogP contribution in [-0.2, 0) is 23.9 Å². The Morgan fingerprint density at radius 1 is 1.02 bits per heavy atom. The van der Waals surface area contributed by atoms with E-state index in [1.807, 2.05) is 6.92 Å². The lowest BCUT2D eigenvalue weighted by Gasteiger charge is -2.39. The summed E-state index contributed by atoms with van der Waals surface area (Å²) in [5, 5.41) is 3.60. The Morgan fingerprint density at radius 3 is 2.36 bits per heavy atom. The van der Waals surface area contributed by atoms with Crippen LogP contribution in [0.15, 0.2) is 42.6 Å². The number of alkyl halides is 3. The smallest absolute Gasteiger partial charge is 0.335 e. The van der Waals surface area contributed by atoms with Gasteiger partial charge in [0.1, 0.15) is 23.1 Å². The fourth-order valence-electron chi connectivity index (χ4n) is 4.91. The molecule has 7 nitrogen and oxygen atoms in total. The lowest BCUT2D eigenvalue weighted by molar-refractivity contribution is -0.145. The number of piperazine rings is 1. The van der Waals surface area contributed by atoms with Gasteiger partial charge in [0.15, 0.2) is 28.8 Å². The van der Waals surface area contributed by atoms with Crippen LogP contribution in [0, 0.1) is 23.3 Å². The summed E-state index contributed by atoms with van der Waals surface area (Å²) in [5.74, 6) is -7.03. The van der Waals surface area contributed by atoms with Crippen LogP contribution in [0.1, 0.15) is 41.0 Å². The van der Waals surface area contributed by atoms with Gasteiger partial charge in [0.2, 0.25) is 5.91 Å². The molecule has 2 aromatic heterocycles. The molecule has 1 saturated heterocycles. The van der Waals surface area contributed by atoms with Crippen molar-refractivity contribution in [3.8, 4) is 11.3 Å². The molecular formula is C28H22F7N5O2.